The third-order valence-electron chi connectivity index (χ3n) is 5.36. The Morgan fingerprint density at radius 3 is 2.32 bits per heavy atom. The van der Waals surface area contributed by atoms with Crippen LogP contribution in [0.15, 0.2) is 47.4 Å². The predicted molar refractivity (Wildman–Crippen MR) is 128 cm³/mol. The standard InChI is InChI=1S/C23H21N3O3S2/c1-4-25-22(29)20(31-23(25)30)18-15-10-5-6-11-16(15)26(21(18)28)12-17(27)24-19-13(2)8-7-9-14(19)3/h5-11H,4,12H2,1-3H3,(H,24,27)/b20-18+. The number of nitrogens with one attached hydrogen (secondary N) is 1. The Hall–Kier alpha value is -2.97. The number of nitrogens with zero attached hydrogens (tertiary/aromatic N) is 2. The van der Waals surface area contributed by atoms with E-state index in [1.54, 1.807) is 12.1 Å². The van der Waals surface area contributed by atoms with Gasteiger partial charge in [-0.15, -0.1) is 0 Å². The van der Waals surface area contributed by atoms with Gasteiger partial charge in [0.15, 0.2) is 0 Å². The second kappa shape index (κ2) is 8.28. The Labute approximate surface area is 190 Å². The molecule has 4 rings (SSSR count). The average molecular weight is 452 g/mol. The average Bonchev–Trinajstić information content (AvgIpc) is 3.17. The van der Waals surface area contributed by atoms with Crippen molar-refractivity contribution < 1.29 is 14.4 Å². The van der Waals surface area contributed by atoms with Gasteiger partial charge in [0.25, 0.3) is 11.8 Å². The van der Waals surface area contributed by atoms with Crippen molar-refractivity contribution in [2.45, 2.75) is 20.8 Å². The molecule has 31 heavy (non-hydrogen) atoms. The fraction of sp³-hybridized carbons (Fsp3) is 0.217. The van der Waals surface area contributed by atoms with E-state index in [0.717, 1.165) is 28.6 Å². The molecule has 2 aliphatic heterocycles. The maximum absolute atomic E-state index is 13.4. The summed E-state index contributed by atoms with van der Waals surface area (Å²) in [6.45, 7) is 5.98. The van der Waals surface area contributed by atoms with E-state index >= 15 is 0 Å². The summed E-state index contributed by atoms with van der Waals surface area (Å²) >= 11 is 6.45. The lowest BCUT2D eigenvalue weighted by Crippen LogP contribution is -2.36. The lowest BCUT2D eigenvalue weighted by molar-refractivity contribution is -0.122. The van der Waals surface area contributed by atoms with Gasteiger partial charge in [-0.05, 0) is 38.0 Å². The zero-order chi connectivity index (χ0) is 22.3. The SMILES string of the molecule is CCN1C(=O)/C(=C2\C(=O)N(CC(=O)Nc3c(C)cccc3C)c3ccccc32)SC1=S. The van der Waals surface area contributed by atoms with Crippen LogP contribution in [-0.4, -0.2) is 40.0 Å². The van der Waals surface area contributed by atoms with Crippen LogP contribution in [0.2, 0.25) is 0 Å². The Morgan fingerprint density at radius 1 is 1.00 bits per heavy atom. The van der Waals surface area contributed by atoms with Crippen molar-refractivity contribution >= 4 is 63.0 Å². The fourth-order valence-corrected chi connectivity index (χ4v) is 5.27. The molecule has 1 N–H and O–H groups in total. The zero-order valence-electron chi connectivity index (χ0n) is 17.4. The van der Waals surface area contributed by atoms with E-state index in [9.17, 15) is 14.4 Å². The highest BCUT2D eigenvalue weighted by Gasteiger charge is 2.41. The minimum absolute atomic E-state index is 0.152. The highest BCUT2D eigenvalue weighted by molar-refractivity contribution is 8.26. The van der Waals surface area contributed by atoms with E-state index in [-0.39, 0.29) is 24.3 Å². The third kappa shape index (κ3) is 3.66. The molecule has 0 aliphatic carbocycles. The Balaban J connectivity index is 1.67. The molecule has 0 atom stereocenters. The molecule has 2 aromatic rings. The van der Waals surface area contributed by atoms with Crippen molar-refractivity contribution in [1.29, 1.82) is 0 Å². The second-order valence-corrected chi connectivity index (χ2v) is 8.99. The van der Waals surface area contributed by atoms with Gasteiger partial charge in [0.1, 0.15) is 10.9 Å². The van der Waals surface area contributed by atoms with Crippen LogP contribution in [0.3, 0.4) is 0 Å². The molecular formula is C23H21N3O3S2. The van der Waals surface area contributed by atoms with Gasteiger partial charge in [-0.1, -0.05) is 60.4 Å². The molecule has 1 fully saturated rings. The summed E-state index contributed by atoms with van der Waals surface area (Å²) in [5, 5.41) is 2.92. The van der Waals surface area contributed by atoms with Crippen LogP contribution in [0.25, 0.3) is 5.57 Å². The van der Waals surface area contributed by atoms with Crippen molar-refractivity contribution in [3.05, 3.63) is 64.1 Å². The van der Waals surface area contributed by atoms with Crippen LogP contribution in [0.1, 0.15) is 23.6 Å². The van der Waals surface area contributed by atoms with Crippen molar-refractivity contribution in [3.8, 4) is 0 Å². The number of anilines is 2. The number of carbonyl (C=O) groups excluding carboxylic acids is 3. The first-order chi connectivity index (χ1) is 14.8. The Morgan fingerprint density at radius 2 is 1.68 bits per heavy atom. The van der Waals surface area contributed by atoms with Crippen LogP contribution in [0.5, 0.6) is 0 Å². The highest BCUT2D eigenvalue weighted by Crippen LogP contribution is 2.44. The summed E-state index contributed by atoms with van der Waals surface area (Å²) in [4.78, 5) is 42.3. The topological polar surface area (TPSA) is 69.7 Å². The number of carbonyl (C=O) groups is 3. The lowest BCUT2D eigenvalue weighted by Gasteiger charge is -2.18. The molecule has 0 unspecified atom stereocenters. The van der Waals surface area contributed by atoms with Gasteiger partial charge in [0.2, 0.25) is 5.91 Å². The molecular weight excluding hydrogens is 430 g/mol. The number of benzene rings is 2. The van der Waals surface area contributed by atoms with Crippen molar-refractivity contribution in [3.63, 3.8) is 0 Å². The largest absolute Gasteiger partial charge is 0.324 e. The van der Waals surface area contributed by atoms with Crippen LogP contribution in [-0.2, 0) is 14.4 Å². The maximum atomic E-state index is 13.4. The van der Waals surface area contributed by atoms with Crippen LogP contribution < -0.4 is 10.2 Å². The number of amides is 3. The quantitative estimate of drug-likeness (QED) is 0.564. The van der Waals surface area contributed by atoms with Crippen molar-refractivity contribution in [2.75, 3.05) is 23.3 Å². The van der Waals surface area contributed by atoms with Gasteiger partial charge in [0, 0.05) is 17.8 Å². The Bertz CT molecular complexity index is 1150. The number of thiocarbonyl (C=S) groups is 1. The van der Waals surface area contributed by atoms with E-state index < -0.39 is 0 Å². The number of hydrogen-bond acceptors (Lipinski definition) is 5. The number of para-hydroxylation sites is 2. The van der Waals surface area contributed by atoms with Gasteiger partial charge < -0.3 is 5.32 Å². The van der Waals surface area contributed by atoms with Crippen LogP contribution in [0.4, 0.5) is 11.4 Å². The van der Waals surface area contributed by atoms with Gasteiger partial charge in [-0.2, -0.15) is 0 Å². The molecule has 2 aliphatic rings. The first kappa shape index (κ1) is 21.3. The van der Waals surface area contributed by atoms with E-state index in [1.807, 2.05) is 51.1 Å². The number of aryl methyl sites for hydroxylation is 2. The van der Waals surface area contributed by atoms with E-state index in [2.05, 4.69) is 5.32 Å². The van der Waals surface area contributed by atoms with Gasteiger partial charge in [0.05, 0.1) is 16.2 Å². The first-order valence-corrected chi connectivity index (χ1v) is 11.1. The molecule has 0 aromatic heterocycles. The van der Waals surface area contributed by atoms with Gasteiger partial charge in [-0.25, -0.2) is 0 Å². The normalized spacial score (nSPS) is 18.1. The summed E-state index contributed by atoms with van der Waals surface area (Å²) in [6.07, 6.45) is 0. The monoisotopic (exact) mass is 451 g/mol. The minimum atomic E-state index is -0.366. The van der Waals surface area contributed by atoms with E-state index in [0.29, 0.717) is 32.6 Å². The zero-order valence-corrected chi connectivity index (χ0v) is 19.0. The molecule has 6 nitrogen and oxygen atoms in total. The number of hydrogen-bond donors (Lipinski definition) is 1. The summed E-state index contributed by atoms with van der Waals surface area (Å²) in [7, 11) is 0. The smallest absolute Gasteiger partial charge is 0.266 e. The molecule has 158 valence electrons. The van der Waals surface area contributed by atoms with Crippen LogP contribution in [0, 0.1) is 13.8 Å². The number of likely N-dealkylation sites (N-methyl/N-ethyl adjacent to an activating group) is 1. The molecule has 0 bridgehead atoms. The molecule has 2 heterocycles. The molecule has 2 aromatic carbocycles. The molecule has 0 saturated carbocycles. The van der Waals surface area contributed by atoms with E-state index in [1.165, 1.54) is 9.80 Å². The highest BCUT2D eigenvalue weighted by atomic mass is 32.2. The summed E-state index contributed by atoms with van der Waals surface area (Å²) < 4.78 is 0.437. The first-order valence-electron chi connectivity index (χ1n) is 9.88. The summed E-state index contributed by atoms with van der Waals surface area (Å²) in [6, 6.07) is 13.0. The Kier molecular flexibility index (Phi) is 5.68. The lowest BCUT2D eigenvalue weighted by atomic mass is 10.1. The van der Waals surface area contributed by atoms with E-state index in [4.69, 9.17) is 12.2 Å². The predicted octanol–water partition coefficient (Wildman–Crippen LogP) is 3.88. The molecule has 0 radical (unpaired) electrons. The molecule has 3 amide bonds. The minimum Gasteiger partial charge on any atom is -0.324 e. The third-order valence-corrected chi connectivity index (χ3v) is 6.81. The number of thioether (sulfide) groups is 1. The molecule has 1 saturated heterocycles. The molecule has 8 heteroatoms. The van der Waals surface area contributed by atoms with Crippen molar-refractivity contribution in [1.82, 2.24) is 4.90 Å². The maximum Gasteiger partial charge on any atom is 0.266 e. The summed E-state index contributed by atoms with van der Waals surface area (Å²) in [5.41, 5.74) is 4.21. The second-order valence-electron chi connectivity index (χ2n) is 7.34. The number of rotatable bonds is 4. The van der Waals surface area contributed by atoms with Gasteiger partial charge >= 0.3 is 0 Å². The summed E-state index contributed by atoms with van der Waals surface area (Å²) in [5.74, 6) is -0.935. The number of fused-ring (bicyclic) bond motifs is 1. The van der Waals surface area contributed by atoms with Crippen molar-refractivity contribution in [2.24, 2.45) is 0 Å². The molecule has 0 spiro atoms. The fourth-order valence-electron chi connectivity index (χ4n) is 3.81. The van der Waals surface area contributed by atoms with Gasteiger partial charge in [-0.3, -0.25) is 24.2 Å². The van der Waals surface area contributed by atoms with Crippen LogP contribution >= 0.6 is 24.0 Å².